The minimum Gasteiger partial charge on any atom is -0.482 e. The number of nitrogens with zero attached hydrogens (tertiary/aromatic N) is 2. The molecular formula is C22H20Cl3N3O3S2. The summed E-state index contributed by atoms with van der Waals surface area (Å²) in [6.45, 7) is 5.62. The fourth-order valence-electron chi connectivity index (χ4n) is 3.00. The SMILES string of the molecule is CCN(CC)c1ccc(C=C2SC(=S)N(NC(=O)COc3cc(Cl)c(Cl)cc3Cl)C2=O)cc1. The van der Waals surface area contributed by atoms with E-state index in [4.69, 9.17) is 51.8 Å². The number of benzene rings is 2. The third kappa shape index (κ3) is 6.33. The van der Waals surface area contributed by atoms with Gasteiger partial charge in [0.2, 0.25) is 0 Å². The van der Waals surface area contributed by atoms with Gasteiger partial charge in [-0.2, -0.15) is 5.01 Å². The first-order valence-electron chi connectivity index (χ1n) is 9.93. The van der Waals surface area contributed by atoms with Crippen LogP contribution in [0.15, 0.2) is 41.3 Å². The van der Waals surface area contributed by atoms with Crippen LogP contribution in [0.3, 0.4) is 0 Å². The highest BCUT2D eigenvalue weighted by molar-refractivity contribution is 8.26. The third-order valence-corrected chi connectivity index (χ3v) is 7.00. The number of hydrogen-bond acceptors (Lipinski definition) is 6. The summed E-state index contributed by atoms with van der Waals surface area (Å²) in [7, 11) is 0. The summed E-state index contributed by atoms with van der Waals surface area (Å²) in [5, 5.41) is 1.74. The molecule has 0 unspecified atom stereocenters. The standard InChI is InChI=1S/C22H20Cl3N3O3S2/c1-3-27(4-2)14-7-5-13(6-8-14)9-19-21(30)28(22(32)33-19)26-20(29)12-31-18-11-16(24)15(23)10-17(18)25/h5-11H,3-4,12H2,1-2H3,(H,26,29). The highest BCUT2D eigenvalue weighted by Crippen LogP contribution is 2.34. The average Bonchev–Trinajstić information content (AvgIpc) is 3.04. The van der Waals surface area contributed by atoms with Gasteiger partial charge in [0.1, 0.15) is 5.75 Å². The number of thioether (sulfide) groups is 1. The Morgan fingerprint density at radius 2 is 1.76 bits per heavy atom. The summed E-state index contributed by atoms with van der Waals surface area (Å²) in [6, 6.07) is 10.7. The summed E-state index contributed by atoms with van der Waals surface area (Å²) < 4.78 is 5.61. The Labute approximate surface area is 216 Å². The van der Waals surface area contributed by atoms with Gasteiger partial charge in [0.25, 0.3) is 11.8 Å². The number of halogens is 3. The lowest BCUT2D eigenvalue weighted by atomic mass is 10.1. The van der Waals surface area contributed by atoms with Gasteiger partial charge in [-0.3, -0.25) is 15.0 Å². The number of hydrazine groups is 1. The number of carbonyl (C=O) groups excluding carboxylic acids is 2. The molecule has 1 N–H and O–H groups in total. The van der Waals surface area contributed by atoms with E-state index in [1.54, 1.807) is 6.08 Å². The molecule has 1 aliphatic heterocycles. The number of thiocarbonyl (C=S) groups is 1. The van der Waals surface area contributed by atoms with Crippen molar-refractivity contribution in [3.8, 4) is 5.75 Å². The van der Waals surface area contributed by atoms with E-state index >= 15 is 0 Å². The molecule has 1 heterocycles. The number of carbonyl (C=O) groups is 2. The Bertz CT molecular complexity index is 1110. The molecule has 2 aromatic rings. The monoisotopic (exact) mass is 543 g/mol. The highest BCUT2D eigenvalue weighted by Gasteiger charge is 2.33. The van der Waals surface area contributed by atoms with Crippen molar-refractivity contribution < 1.29 is 14.3 Å². The van der Waals surface area contributed by atoms with Crippen molar-refractivity contribution in [2.24, 2.45) is 0 Å². The number of nitrogens with one attached hydrogen (secondary N) is 1. The fraction of sp³-hybridized carbons (Fsp3) is 0.227. The predicted molar refractivity (Wildman–Crippen MR) is 140 cm³/mol. The minimum atomic E-state index is -0.585. The molecule has 0 radical (unpaired) electrons. The van der Waals surface area contributed by atoms with Gasteiger partial charge in [0, 0.05) is 24.8 Å². The van der Waals surface area contributed by atoms with Crippen molar-refractivity contribution >= 4 is 86.7 Å². The van der Waals surface area contributed by atoms with Gasteiger partial charge < -0.3 is 9.64 Å². The molecule has 6 nitrogen and oxygen atoms in total. The number of rotatable bonds is 8. The van der Waals surface area contributed by atoms with Gasteiger partial charge in [0.15, 0.2) is 10.9 Å². The van der Waals surface area contributed by atoms with Crippen molar-refractivity contribution in [1.82, 2.24) is 10.4 Å². The predicted octanol–water partition coefficient (Wildman–Crippen LogP) is 5.80. The van der Waals surface area contributed by atoms with Crippen molar-refractivity contribution in [3.63, 3.8) is 0 Å². The van der Waals surface area contributed by atoms with E-state index in [1.165, 1.54) is 12.1 Å². The zero-order chi connectivity index (χ0) is 24.1. The Hall–Kier alpha value is -1.97. The minimum absolute atomic E-state index is 0.194. The molecule has 0 aliphatic carbocycles. The molecule has 0 saturated carbocycles. The summed E-state index contributed by atoms with van der Waals surface area (Å²) in [6.07, 6.45) is 1.74. The number of ether oxygens (including phenoxy) is 1. The Balaban J connectivity index is 1.63. The maximum Gasteiger partial charge on any atom is 0.285 e. The quantitative estimate of drug-likeness (QED) is 0.257. The summed E-state index contributed by atoms with van der Waals surface area (Å²) in [5.41, 5.74) is 4.42. The lowest BCUT2D eigenvalue weighted by Gasteiger charge is -2.20. The van der Waals surface area contributed by atoms with Gasteiger partial charge in [-0.1, -0.05) is 58.7 Å². The van der Waals surface area contributed by atoms with Crippen LogP contribution < -0.4 is 15.1 Å². The Kier molecular flexibility index (Phi) is 8.89. The normalized spacial score (nSPS) is 14.7. The van der Waals surface area contributed by atoms with Crippen LogP contribution in [0.25, 0.3) is 6.08 Å². The first kappa shape index (κ1) is 25.6. The summed E-state index contributed by atoms with van der Waals surface area (Å²) in [4.78, 5) is 27.7. The maximum absolute atomic E-state index is 12.8. The van der Waals surface area contributed by atoms with Gasteiger partial charge >= 0.3 is 0 Å². The molecule has 33 heavy (non-hydrogen) atoms. The van der Waals surface area contributed by atoms with E-state index in [1.807, 2.05) is 24.3 Å². The Morgan fingerprint density at radius 1 is 1.12 bits per heavy atom. The zero-order valence-corrected chi connectivity index (χ0v) is 21.6. The van der Waals surface area contributed by atoms with E-state index in [9.17, 15) is 9.59 Å². The molecule has 0 aromatic heterocycles. The molecule has 174 valence electrons. The number of anilines is 1. The van der Waals surface area contributed by atoms with E-state index < -0.39 is 18.4 Å². The topological polar surface area (TPSA) is 61.9 Å². The van der Waals surface area contributed by atoms with Gasteiger partial charge in [-0.25, -0.2) is 0 Å². The smallest absolute Gasteiger partial charge is 0.285 e. The van der Waals surface area contributed by atoms with Crippen molar-refractivity contribution in [1.29, 1.82) is 0 Å². The first-order valence-corrected chi connectivity index (χ1v) is 12.3. The van der Waals surface area contributed by atoms with Crippen molar-refractivity contribution in [3.05, 3.63) is 61.9 Å². The number of hydrogen-bond donors (Lipinski definition) is 1. The largest absolute Gasteiger partial charge is 0.482 e. The first-order chi connectivity index (χ1) is 15.7. The average molecular weight is 545 g/mol. The molecule has 0 atom stereocenters. The molecule has 1 fully saturated rings. The van der Waals surface area contributed by atoms with Crippen LogP contribution in [0, 0.1) is 0 Å². The third-order valence-electron chi connectivity index (χ3n) is 4.68. The van der Waals surface area contributed by atoms with Crippen LogP contribution in [0.5, 0.6) is 5.75 Å². The summed E-state index contributed by atoms with van der Waals surface area (Å²) in [5.74, 6) is -0.809. The van der Waals surface area contributed by atoms with Gasteiger partial charge in [-0.15, -0.1) is 0 Å². The molecular weight excluding hydrogens is 525 g/mol. The second-order valence-corrected chi connectivity index (χ2v) is 9.70. The molecule has 2 amide bonds. The molecule has 0 bridgehead atoms. The summed E-state index contributed by atoms with van der Waals surface area (Å²) >= 11 is 24.2. The van der Waals surface area contributed by atoms with E-state index in [0.29, 0.717) is 4.91 Å². The molecule has 1 saturated heterocycles. The Morgan fingerprint density at radius 3 is 2.39 bits per heavy atom. The van der Waals surface area contributed by atoms with Crippen LogP contribution in [0.2, 0.25) is 15.1 Å². The zero-order valence-electron chi connectivity index (χ0n) is 17.7. The van der Waals surface area contributed by atoms with E-state index in [2.05, 4.69) is 24.2 Å². The molecule has 1 aliphatic rings. The van der Waals surface area contributed by atoms with Crippen LogP contribution in [0.1, 0.15) is 19.4 Å². The van der Waals surface area contributed by atoms with Crippen molar-refractivity contribution in [2.75, 3.05) is 24.6 Å². The molecule has 11 heteroatoms. The maximum atomic E-state index is 12.8. The van der Waals surface area contributed by atoms with Crippen LogP contribution >= 0.6 is 58.8 Å². The van der Waals surface area contributed by atoms with E-state index in [0.717, 1.165) is 41.1 Å². The highest BCUT2D eigenvalue weighted by atomic mass is 35.5. The van der Waals surface area contributed by atoms with Crippen molar-refractivity contribution in [2.45, 2.75) is 13.8 Å². The van der Waals surface area contributed by atoms with Crippen LogP contribution in [-0.4, -0.2) is 40.8 Å². The second kappa shape index (κ2) is 11.4. The van der Waals surface area contributed by atoms with Gasteiger partial charge in [0.05, 0.1) is 20.0 Å². The lowest BCUT2D eigenvalue weighted by molar-refractivity contribution is -0.134. The molecule has 2 aromatic carbocycles. The number of amides is 2. The van der Waals surface area contributed by atoms with Gasteiger partial charge in [-0.05, 0) is 55.9 Å². The second-order valence-electron chi connectivity index (χ2n) is 6.80. The lowest BCUT2D eigenvalue weighted by Crippen LogP contribution is -2.46. The van der Waals surface area contributed by atoms with Crippen LogP contribution in [0.4, 0.5) is 5.69 Å². The van der Waals surface area contributed by atoms with E-state index in [-0.39, 0.29) is 25.1 Å². The molecule has 3 rings (SSSR count). The molecule has 0 spiro atoms. The fourth-order valence-corrected chi connectivity index (χ4v) is 4.77. The van der Waals surface area contributed by atoms with Crippen LogP contribution in [-0.2, 0) is 9.59 Å².